The van der Waals surface area contributed by atoms with Crippen LogP contribution in [0.1, 0.15) is 28.8 Å². The van der Waals surface area contributed by atoms with Crippen molar-refractivity contribution in [2.24, 2.45) is 0 Å². The molecule has 0 radical (unpaired) electrons. The number of hydrogen-bond acceptors (Lipinski definition) is 6. The van der Waals surface area contributed by atoms with Gasteiger partial charge in [0.05, 0.1) is 37.7 Å². The predicted octanol–water partition coefficient (Wildman–Crippen LogP) is 3.70. The zero-order valence-corrected chi connectivity index (χ0v) is 19.0. The van der Waals surface area contributed by atoms with Gasteiger partial charge in [0.1, 0.15) is 12.4 Å². The summed E-state index contributed by atoms with van der Waals surface area (Å²) >= 11 is 1.90. The molecule has 172 valence electrons. The molecule has 0 spiro atoms. The fraction of sp³-hybridized carbons (Fsp3) is 0.333. The number of hydrogen-bond donors (Lipinski definition) is 2. The van der Waals surface area contributed by atoms with Gasteiger partial charge >= 0.3 is 0 Å². The highest BCUT2D eigenvalue weighted by Crippen LogP contribution is 2.31. The minimum atomic E-state index is -1.41. The molecule has 7 nitrogen and oxygen atoms in total. The highest BCUT2D eigenvalue weighted by Gasteiger charge is 2.27. The molecule has 2 aromatic rings. The van der Waals surface area contributed by atoms with Crippen LogP contribution in [-0.2, 0) is 20.9 Å². The number of amides is 1. The van der Waals surface area contributed by atoms with Crippen LogP contribution in [0.15, 0.2) is 24.3 Å². The highest BCUT2D eigenvalue weighted by atomic mass is 127. The second kappa shape index (κ2) is 11.1. The number of nitrogens with zero attached hydrogens (tertiary/aromatic N) is 1. The summed E-state index contributed by atoms with van der Waals surface area (Å²) in [4.78, 5) is 29.9. The van der Waals surface area contributed by atoms with Gasteiger partial charge in [-0.2, -0.15) is 0 Å². The van der Waals surface area contributed by atoms with Crippen molar-refractivity contribution >= 4 is 45.7 Å². The first-order valence-corrected chi connectivity index (χ1v) is 10.8. The Morgan fingerprint density at radius 1 is 1.25 bits per heavy atom. The summed E-state index contributed by atoms with van der Waals surface area (Å²) in [7, 11) is 0. The van der Waals surface area contributed by atoms with E-state index in [1.165, 1.54) is 12.1 Å². The zero-order valence-electron chi connectivity index (χ0n) is 16.8. The first-order chi connectivity index (χ1) is 15.3. The molecule has 1 aliphatic heterocycles. The summed E-state index contributed by atoms with van der Waals surface area (Å²) in [5.41, 5.74) is -1.29. The Kier molecular flexibility index (Phi) is 8.45. The molecule has 11 heteroatoms. The van der Waals surface area contributed by atoms with E-state index in [1.807, 2.05) is 22.6 Å². The number of hydroxylamine groups is 2. The molecule has 1 saturated heterocycles. The van der Waals surface area contributed by atoms with Crippen molar-refractivity contribution in [1.82, 2.24) is 5.06 Å². The van der Waals surface area contributed by atoms with Crippen LogP contribution in [0.5, 0.6) is 0 Å². The van der Waals surface area contributed by atoms with Crippen LogP contribution in [-0.4, -0.2) is 48.3 Å². The smallest absolute Gasteiger partial charge is 0.246 e. The van der Waals surface area contributed by atoms with Crippen molar-refractivity contribution in [3.8, 4) is 0 Å². The molecule has 0 saturated carbocycles. The van der Waals surface area contributed by atoms with Crippen molar-refractivity contribution in [1.29, 1.82) is 0 Å². The number of aliphatic hydroxyl groups is 1. The monoisotopic (exact) mass is 564 g/mol. The Labute approximate surface area is 195 Å². The Morgan fingerprint density at radius 2 is 2.03 bits per heavy atom. The second-order valence-electron chi connectivity index (χ2n) is 6.90. The van der Waals surface area contributed by atoms with Crippen LogP contribution >= 0.6 is 22.6 Å². The van der Waals surface area contributed by atoms with Crippen molar-refractivity contribution in [2.45, 2.75) is 19.4 Å². The minimum Gasteiger partial charge on any atom is -0.394 e. The van der Waals surface area contributed by atoms with Crippen LogP contribution < -0.4 is 5.32 Å². The van der Waals surface area contributed by atoms with E-state index < -0.39 is 48.0 Å². The molecular formula is C21H20F3IN2O5. The Bertz CT molecular complexity index is 1020. The summed E-state index contributed by atoms with van der Waals surface area (Å²) in [6.45, 7) is -1.13. The SMILES string of the molecule is O=C(COCCO)c1cc(CN2OCCCC2=O)c(F)c(F)c1Nc1ccc(I)cc1F. The number of carbonyl (C=O) groups excluding carboxylic acids is 2. The van der Waals surface area contributed by atoms with Crippen LogP contribution in [0.4, 0.5) is 24.5 Å². The van der Waals surface area contributed by atoms with Gasteiger partial charge in [-0.3, -0.25) is 14.4 Å². The normalized spacial score (nSPS) is 14.0. The summed E-state index contributed by atoms with van der Waals surface area (Å²) < 4.78 is 49.9. The van der Waals surface area contributed by atoms with Crippen molar-refractivity contribution in [2.75, 3.05) is 31.7 Å². The number of benzene rings is 2. The number of Topliss-reactive ketones (excluding diaryl/α,β-unsaturated/α-hetero) is 1. The number of carbonyl (C=O) groups is 2. The molecule has 32 heavy (non-hydrogen) atoms. The summed E-state index contributed by atoms with van der Waals surface area (Å²) in [5, 5.41) is 12.2. The Balaban J connectivity index is 2.00. The molecule has 0 aromatic heterocycles. The minimum absolute atomic E-state index is 0.132. The van der Waals surface area contributed by atoms with E-state index in [0.29, 0.717) is 9.99 Å². The molecule has 1 heterocycles. The van der Waals surface area contributed by atoms with Crippen LogP contribution in [0.25, 0.3) is 0 Å². The fourth-order valence-electron chi connectivity index (χ4n) is 3.05. The largest absolute Gasteiger partial charge is 0.394 e. The number of aliphatic hydroxyl groups excluding tert-OH is 1. The summed E-state index contributed by atoms with van der Waals surface area (Å²) in [6, 6.07) is 5.16. The standard InChI is InChI=1S/C21H20F3IN2O5/c22-15-9-13(25)3-4-16(15)26-21-14(17(29)11-31-7-5-28)8-12(19(23)20(21)24)10-27-18(30)2-1-6-32-27/h3-4,8-9,26,28H,1-2,5-7,10-11H2. The maximum absolute atomic E-state index is 15.1. The molecule has 0 bridgehead atoms. The van der Waals surface area contributed by atoms with E-state index in [9.17, 15) is 18.4 Å². The van der Waals surface area contributed by atoms with E-state index in [-0.39, 0.29) is 43.1 Å². The van der Waals surface area contributed by atoms with Gasteiger partial charge in [0.25, 0.3) is 0 Å². The summed E-state index contributed by atoms with van der Waals surface area (Å²) in [5.74, 6) is -4.54. The second-order valence-corrected chi connectivity index (χ2v) is 8.15. The van der Waals surface area contributed by atoms with Gasteiger partial charge in [0.15, 0.2) is 17.4 Å². The molecule has 0 atom stereocenters. The molecule has 1 aliphatic rings. The number of ketones is 1. The quantitative estimate of drug-likeness (QED) is 0.275. The maximum Gasteiger partial charge on any atom is 0.246 e. The number of ether oxygens (including phenoxy) is 1. The van der Waals surface area contributed by atoms with Gasteiger partial charge in [-0.25, -0.2) is 18.2 Å². The number of halogens is 4. The summed E-state index contributed by atoms with van der Waals surface area (Å²) in [6.07, 6.45) is 0.721. The van der Waals surface area contributed by atoms with Crippen molar-refractivity contribution in [3.63, 3.8) is 0 Å². The van der Waals surface area contributed by atoms with E-state index >= 15 is 4.39 Å². The van der Waals surface area contributed by atoms with Crippen LogP contribution in [0.2, 0.25) is 0 Å². The lowest BCUT2D eigenvalue weighted by molar-refractivity contribution is -0.202. The lowest BCUT2D eigenvalue weighted by atomic mass is 10.0. The first kappa shape index (κ1) is 24.4. The Hall–Kier alpha value is -2.22. The van der Waals surface area contributed by atoms with E-state index in [2.05, 4.69) is 5.32 Å². The number of anilines is 2. The van der Waals surface area contributed by atoms with Crippen LogP contribution in [0.3, 0.4) is 0 Å². The molecule has 0 aliphatic carbocycles. The van der Waals surface area contributed by atoms with Crippen molar-refractivity contribution < 1.29 is 37.4 Å². The average molecular weight is 564 g/mol. The van der Waals surface area contributed by atoms with E-state index in [1.54, 1.807) is 6.07 Å². The fourth-order valence-corrected chi connectivity index (χ4v) is 3.51. The number of rotatable bonds is 9. The van der Waals surface area contributed by atoms with E-state index in [4.69, 9.17) is 14.7 Å². The molecule has 1 amide bonds. The van der Waals surface area contributed by atoms with Gasteiger partial charge in [-0.15, -0.1) is 0 Å². The molecular weight excluding hydrogens is 544 g/mol. The van der Waals surface area contributed by atoms with E-state index in [0.717, 1.165) is 11.1 Å². The third-order valence-electron chi connectivity index (χ3n) is 4.62. The third kappa shape index (κ3) is 5.77. The van der Waals surface area contributed by atoms with Crippen molar-refractivity contribution in [3.05, 3.63) is 56.4 Å². The third-order valence-corrected chi connectivity index (χ3v) is 5.29. The average Bonchev–Trinajstić information content (AvgIpc) is 2.76. The molecule has 0 unspecified atom stereocenters. The zero-order chi connectivity index (χ0) is 23.3. The molecule has 3 rings (SSSR count). The maximum atomic E-state index is 15.1. The van der Waals surface area contributed by atoms with Gasteiger partial charge in [-0.05, 0) is 53.3 Å². The topological polar surface area (TPSA) is 88.1 Å². The predicted molar refractivity (Wildman–Crippen MR) is 117 cm³/mol. The Morgan fingerprint density at radius 3 is 2.72 bits per heavy atom. The first-order valence-electron chi connectivity index (χ1n) is 9.69. The highest BCUT2D eigenvalue weighted by molar-refractivity contribution is 14.1. The number of nitrogens with one attached hydrogen (secondary N) is 1. The van der Waals surface area contributed by atoms with Gasteiger partial charge in [-0.1, -0.05) is 0 Å². The molecule has 2 aromatic carbocycles. The molecule has 2 N–H and O–H groups in total. The van der Waals surface area contributed by atoms with Gasteiger partial charge < -0.3 is 15.2 Å². The molecule has 1 fully saturated rings. The van der Waals surface area contributed by atoms with Gasteiger partial charge in [0, 0.05) is 21.1 Å². The lowest BCUT2D eigenvalue weighted by Gasteiger charge is -2.26. The lowest BCUT2D eigenvalue weighted by Crippen LogP contribution is -2.35. The van der Waals surface area contributed by atoms with Gasteiger partial charge in [0.2, 0.25) is 5.91 Å². The van der Waals surface area contributed by atoms with Crippen LogP contribution in [0, 0.1) is 21.0 Å².